The Bertz CT molecular complexity index is 314. The summed E-state index contributed by atoms with van der Waals surface area (Å²) in [4.78, 5) is 8.26. The van der Waals surface area contributed by atoms with Crippen LogP contribution in [0.25, 0.3) is 0 Å². The van der Waals surface area contributed by atoms with Crippen molar-refractivity contribution in [2.75, 3.05) is 20.3 Å². The summed E-state index contributed by atoms with van der Waals surface area (Å²) in [7, 11) is 1.64. The standard InChI is InChI=1S/C10H17N5O/c1-16-6-5-13-10(15-11)14-8-9-3-2-4-12-7-9/h2-4,7H,5-6,8,11H2,1H3,(H2,13,14,15). The van der Waals surface area contributed by atoms with E-state index < -0.39 is 0 Å². The molecule has 0 unspecified atom stereocenters. The van der Waals surface area contributed by atoms with Crippen LogP contribution < -0.4 is 16.6 Å². The molecule has 88 valence electrons. The maximum atomic E-state index is 5.32. The van der Waals surface area contributed by atoms with Crippen molar-refractivity contribution < 1.29 is 4.74 Å². The molecular formula is C10H17N5O. The SMILES string of the molecule is COCCNC(=NCc1cccnc1)NN. The van der Waals surface area contributed by atoms with Crippen LogP contribution in [0.1, 0.15) is 5.56 Å². The normalized spacial score (nSPS) is 11.2. The predicted molar refractivity (Wildman–Crippen MR) is 62.6 cm³/mol. The highest BCUT2D eigenvalue weighted by Crippen LogP contribution is 1.96. The van der Waals surface area contributed by atoms with Crippen LogP contribution in [0.3, 0.4) is 0 Å². The Hall–Kier alpha value is -1.66. The van der Waals surface area contributed by atoms with Crippen molar-refractivity contribution in [3.8, 4) is 0 Å². The van der Waals surface area contributed by atoms with Gasteiger partial charge < -0.3 is 10.1 Å². The lowest BCUT2D eigenvalue weighted by Gasteiger charge is -2.08. The van der Waals surface area contributed by atoms with E-state index in [0.29, 0.717) is 25.7 Å². The fraction of sp³-hybridized carbons (Fsp3) is 0.400. The van der Waals surface area contributed by atoms with E-state index in [1.165, 1.54) is 0 Å². The minimum absolute atomic E-state index is 0.535. The highest BCUT2D eigenvalue weighted by atomic mass is 16.5. The molecule has 0 amide bonds. The number of pyridine rings is 1. The van der Waals surface area contributed by atoms with E-state index in [-0.39, 0.29) is 0 Å². The molecule has 16 heavy (non-hydrogen) atoms. The van der Waals surface area contributed by atoms with Gasteiger partial charge in [-0.2, -0.15) is 0 Å². The number of guanidine groups is 1. The van der Waals surface area contributed by atoms with E-state index in [1.807, 2.05) is 12.1 Å². The number of rotatable bonds is 5. The zero-order chi connectivity index (χ0) is 11.6. The van der Waals surface area contributed by atoms with Gasteiger partial charge in [-0.1, -0.05) is 6.07 Å². The molecule has 6 nitrogen and oxygen atoms in total. The molecule has 0 saturated carbocycles. The van der Waals surface area contributed by atoms with E-state index in [4.69, 9.17) is 10.6 Å². The van der Waals surface area contributed by atoms with Crippen LogP contribution in [-0.2, 0) is 11.3 Å². The van der Waals surface area contributed by atoms with E-state index >= 15 is 0 Å². The first-order valence-electron chi connectivity index (χ1n) is 4.99. The minimum Gasteiger partial charge on any atom is -0.383 e. The van der Waals surface area contributed by atoms with Crippen LogP contribution in [0.2, 0.25) is 0 Å². The number of aliphatic imine (C=N–C) groups is 1. The summed E-state index contributed by atoms with van der Waals surface area (Å²) in [6.07, 6.45) is 3.50. The summed E-state index contributed by atoms with van der Waals surface area (Å²) in [5, 5.41) is 3.01. The third kappa shape index (κ3) is 4.72. The highest BCUT2D eigenvalue weighted by Gasteiger charge is 1.95. The van der Waals surface area contributed by atoms with Crippen LogP contribution in [0, 0.1) is 0 Å². The minimum atomic E-state index is 0.535. The number of hydrogen-bond donors (Lipinski definition) is 3. The number of nitrogens with one attached hydrogen (secondary N) is 2. The van der Waals surface area contributed by atoms with Crippen molar-refractivity contribution in [2.45, 2.75) is 6.54 Å². The first-order chi connectivity index (χ1) is 7.86. The average Bonchev–Trinajstić information content (AvgIpc) is 2.35. The van der Waals surface area contributed by atoms with Gasteiger partial charge in [0.2, 0.25) is 5.96 Å². The smallest absolute Gasteiger partial charge is 0.206 e. The van der Waals surface area contributed by atoms with Gasteiger partial charge in [-0.25, -0.2) is 10.8 Å². The van der Waals surface area contributed by atoms with Gasteiger partial charge in [0.05, 0.1) is 13.2 Å². The molecule has 0 aliphatic heterocycles. The Morgan fingerprint density at radius 1 is 1.62 bits per heavy atom. The second-order valence-electron chi connectivity index (χ2n) is 3.09. The van der Waals surface area contributed by atoms with Gasteiger partial charge >= 0.3 is 0 Å². The Kier molecular flexibility index (Phi) is 5.90. The van der Waals surface area contributed by atoms with E-state index in [9.17, 15) is 0 Å². The second kappa shape index (κ2) is 7.61. The van der Waals surface area contributed by atoms with Crippen LogP contribution in [0.5, 0.6) is 0 Å². The second-order valence-corrected chi connectivity index (χ2v) is 3.09. The Morgan fingerprint density at radius 3 is 3.12 bits per heavy atom. The third-order valence-electron chi connectivity index (χ3n) is 1.88. The first kappa shape index (κ1) is 12.4. The molecule has 0 fully saturated rings. The predicted octanol–water partition coefficient (Wildman–Crippen LogP) is -0.363. The van der Waals surface area contributed by atoms with Gasteiger partial charge in [0.15, 0.2) is 0 Å². The lowest BCUT2D eigenvalue weighted by molar-refractivity contribution is 0.203. The summed E-state index contributed by atoms with van der Waals surface area (Å²) < 4.78 is 4.90. The van der Waals surface area contributed by atoms with E-state index in [2.05, 4.69) is 20.7 Å². The van der Waals surface area contributed by atoms with Gasteiger partial charge in [-0.3, -0.25) is 10.4 Å². The lowest BCUT2D eigenvalue weighted by atomic mass is 10.3. The Morgan fingerprint density at radius 2 is 2.50 bits per heavy atom. The van der Waals surface area contributed by atoms with Crippen molar-refractivity contribution in [1.29, 1.82) is 0 Å². The van der Waals surface area contributed by atoms with Crippen molar-refractivity contribution in [1.82, 2.24) is 15.7 Å². The largest absolute Gasteiger partial charge is 0.383 e. The zero-order valence-corrected chi connectivity index (χ0v) is 9.31. The molecule has 0 aliphatic carbocycles. The summed E-state index contributed by atoms with van der Waals surface area (Å²) in [6.45, 7) is 1.80. The highest BCUT2D eigenvalue weighted by molar-refractivity contribution is 5.79. The van der Waals surface area contributed by atoms with E-state index in [1.54, 1.807) is 19.5 Å². The van der Waals surface area contributed by atoms with E-state index in [0.717, 1.165) is 5.56 Å². The van der Waals surface area contributed by atoms with Gasteiger partial charge in [0.1, 0.15) is 0 Å². The molecule has 0 saturated heterocycles. The molecule has 1 aromatic rings. The molecular weight excluding hydrogens is 206 g/mol. The number of aromatic nitrogens is 1. The topological polar surface area (TPSA) is 84.6 Å². The molecule has 1 heterocycles. The summed E-state index contributed by atoms with van der Waals surface area (Å²) >= 11 is 0. The number of nitrogens with zero attached hydrogens (tertiary/aromatic N) is 2. The zero-order valence-electron chi connectivity index (χ0n) is 9.31. The molecule has 4 N–H and O–H groups in total. The molecule has 0 spiro atoms. The maximum absolute atomic E-state index is 5.32. The van der Waals surface area contributed by atoms with Crippen LogP contribution in [0.4, 0.5) is 0 Å². The number of hydrogen-bond acceptors (Lipinski definition) is 4. The number of methoxy groups -OCH3 is 1. The Balaban J connectivity index is 2.40. The van der Waals surface area contributed by atoms with Gasteiger partial charge in [0, 0.05) is 26.0 Å². The summed E-state index contributed by atoms with van der Waals surface area (Å²) in [5.74, 6) is 5.86. The number of hydrazine groups is 1. The molecule has 6 heteroatoms. The lowest BCUT2D eigenvalue weighted by Crippen LogP contribution is -2.42. The summed E-state index contributed by atoms with van der Waals surface area (Å²) in [6, 6.07) is 3.83. The van der Waals surface area contributed by atoms with Crippen LogP contribution in [-0.4, -0.2) is 31.2 Å². The molecule has 0 aliphatic rings. The van der Waals surface area contributed by atoms with Gasteiger partial charge in [-0.05, 0) is 11.6 Å². The molecule has 0 atom stereocenters. The van der Waals surface area contributed by atoms with Crippen molar-refractivity contribution in [2.24, 2.45) is 10.8 Å². The fourth-order valence-electron chi connectivity index (χ4n) is 1.09. The molecule has 0 aromatic carbocycles. The summed E-state index contributed by atoms with van der Waals surface area (Å²) in [5.41, 5.74) is 3.53. The molecule has 1 aromatic heterocycles. The number of ether oxygens (including phenoxy) is 1. The van der Waals surface area contributed by atoms with Crippen molar-refractivity contribution in [3.05, 3.63) is 30.1 Å². The van der Waals surface area contributed by atoms with Crippen molar-refractivity contribution >= 4 is 5.96 Å². The van der Waals surface area contributed by atoms with Gasteiger partial charge in [-0.15, -0.1) is 0 Å². The third-order valence-corrected chi connectivity index (χ3v) is 1.88. The fourth-order valence-corrected chi connectivity index (χ4v) is 1.09. The van der Waals surface area contributed by atoms with Gasteiger partial charge in [0.25, 0.3) is 0 Å². The van der Waals surface area contributed by atoms with Crippen molar-refractivity contribution in [3.63, 3.8) is 0 Å². The molecule has 0 bridgehead atoms. The van der Waals surface area contributed by atoms with Crippen LogP contribution in [0.15, 0.2) is 29.5 Å². The molecule has 1 rings (SSSR count). The number of nitrogens with two attached hydrogens (primary N) is 1. The quantitative estimate of drug-likeness (QED) is 0.209. The average molecular weight is 223 g/mol. The monoisotopic (exact) mass is 223 g/mol. The molecule has 0 radical (unpaired) electrons. The Labute approximate surface area is 94.9 Å². The maximum Gasteiger partial charge on any atom is 0.206 e. The van der Waals surface area contributed by atoms with Crippen LogP contribution >= 0.6 is 0 Å². The first-order valence-corrected chi connectivity index (χ1v) is 4.99.